The first-order chi connectivity index (χ1) is 15.3. The SMILES string of the molecule is NC(=O)[C@H](Cc1ccc([N+](=O)[O-])cc1)NC(=O)[C@H]1CCCN1C(=O)OCc1ccccc1. The zero-order valence-electron chi connectivity index (χ0n) is 17.3. The van der Waals surface area contributed by atoms with Gasteiger partial charge in [-0.1, -0.05) is 42.5 Å². The van der Waals surface area contributed by atoms with Crippen LogP contribution in [0.2, 0.25) is 0 Å². The van der Waals surface area contributed by atoms with E-state index >= 15 is 0 Å². The maximum atomic E-state index is 12.8. The number of nitro groups is 1. The molecular formula is C22H24N4O6. The van der Waals surface area contributed by atoms with Crippen LogP contribution in [-0.4, -0.2) is 46.4 Å². The molecule has 1 aliphatic heterocycles. The van der Waals surface area contributed by atoms with Crippen molar-refractivity contribution >= 4 is 23.6 Å². The number of likely N-dealkylation sites (tertiary alicyclic amines) is 1. The number of hydrogen-bond donors (Lipinski definition) is 2. The van der Waals surface area contributed by atoms with Gasteiger partial charge in [0.2, 0.25) is 11.8 Å². The van der Waals surface area contributed by atoms with Crippen LogP contribution < -0.4 is 11.1 Å². The first-order valence-corrected chi connectivity index (χ1v) is 10.2. The summed E-state index contributed by atoms with van der Waals surface area (Å²) in [5.41, 5.74) is 6.80. The summed E-state index contributed by atoms with van der Waals surface area (Å²) in [4.78, 5) is 48.8. The summed E-state index contributed by atoms with van der Waals surface area (Å²) in [6, 6.07) is 13.0. The molecule has 1 aliphatic rings. The van der Waals surface area contributed by atoms with E-state index in [1.807, 2.05) is 30.3 Å². The molecule has 2 atom stereocenters. The zero-order valence-corrected chi connectivity index (χ0v) is 17.3. The van der Waals surface area contributed by atoms with Gasteiger partial charge in [0.25, 0.3) is 5.69 Å². The molecule has 2 aromatic rings. The van der Waals surface area contributed by atoms with Crippen LogP contribution in [0.25, 0.3) is 0 Å². The highest BCUT2D eigenvalue weighted by molar-refractivity contribution is 5.91. The van der Waals surface area contributed by atoms with Crippen molar-refractivity contribution in [3.05, 3.63) is 75.8 Å². The van der Waals surface area contributed by atoms with Crippen LogP contribution in [-0.2, 0) is 27.4 Å². The molecule has 0 unspecified atom stereocenters. The number of hydrogen-bond acceptors (Lipinski definition) is 6. The zero-order chi connectivity index (χ0) is 23.1. The lowest BCUT2D eigenvalue weighted by atomic mass is 10.0. The second kappa shape index (κ2) is 10.4. The standard InChI is InChI=1S/C22H24N4O6/c23-20(27)18(13-15-8-10-17(11-9-15)26(30)31)24-21(28)19-7-4-12-25(19)22(29)32-14-16-5-2-1-3-6-16/h1-3,5-6,8-11,18-19H,4,7,12-14H2,(H2,23,27)(H,24,28)/t18-,19+/m0/s1. The van der Waals surface area contributed by atoms with Crippen molar-refractivity contribution in [3.63, 3.8) is 0 Å². The van der Waals surface area contributed by atoms with Gasteiger partial charge < -0.3 is 15.8 Å². The summed E-state index contributed by atoms with van der Waals surface area (Å²) < 4.78 is 5.33. The fourth-order valence-corrected chi connectivity index (χ4v) is 3.54. The number of nitrogens with one attached hydrogen (secondary N) is 1. The molecule has 3 amide bonds. The molecule has 10 heteroatoms. The lowest BCUT2D eigenvalue weighted by Crippen LogP contribution is -2.53. The van der Waals surface area contributed by atoms with Crippen LogP contribution in [0.5, 0.6) is 0 Å². The minimum absolute atomic E-state index is 0.0737. The van der Waals surface area contributed by atoms with Gasteiger partial charge in [0.1, 0.15) is 18.7 Å². The van der Waals surface area contributed by atoms with Gasteiger partial charge in [-0.05, 0) is 24.0 Å². The molecule has 0 aromatic heterocycles. The third-order valence-corrected chi connectivity index (χ3v) is 5.24. The number of nitrogens with zero attached hydrogens (tertiary/aromatic N) is 2. The molecule has 1 heterocycles. The number of nitrogens with two attached hydrogens (primary N) is 1. The number of non-ortho nitro benzene ring substituents is 1. The van der Waals surface area contributed by atoms with E-state index < -0.39 is 34.9 Å². The second-order valence-corrected chi connectivity index (χ2v) is 7.48. The fourth-order valence-electron chi connectivity index (χ4n) is 3.54. The molecule has 0 bridgehead atoms. The number of ether oxygens (including phenoxy) is 1. The predicted octanol–water partition coefficient (Wildman–Crippen LogP) is 1.91. The summed E-state index contributed by atoms with van der Waals surface area (Å²) in [6.07, 6.45) is 0.541. The Hall–Kier alpha value is -3.95. The van der Waals surface area contributed by atoms with Crippen molar-refractivity contribution in [2.75, 3.05) is 6.54 Å². The first kappa shape index (κ1) is 22.7. The minimum Gasteiger partial charge on any atom is -0.445 e. The normalized spacial score (nSPS) is 16.2. The third kappa shape index (κ3) is 5.81. The highest BCUT2D eigenvalue weighted by atomic mass is 16.6. The topological polar surface area (TPSA) is 145 Å². The molecule has 0 radical (unpaired) electrons. The largest absolute Gasteiger partial charge is 0.445 e. The van der Waals surface area contributed by atoms with E-state index in [1.165, 1.54) is 29.2 Å². The Morgan fingerprint density at radius 1 is 1.12 bits per heavy atom. The van der Waals surface area contributed by atoms with Gasteiger partial charge in [-0.2, -0.15) is 0 Å². The molecule has 0 aliphatic carbocycles. The van der Waals surface area contributed by atoms with Crippen LogP contribution in [0.15, 0.2) is 54.6 Å². The number of rotatable bonds is 8. The van der Waals surface area contributed by atoms with Crippen LogP contribution in [0.3, 0.4) is 0 Å². The Kier molecular flexibility index (Phi) is 7.37. The summed E-state index contributed by atoms with van der Waals surface area (Å²) in [5, 5.41) is 13.4. The Labute approximate surface area is 184 Å². The van der Waals surface area contributed by atoms with Crippen molar-refractivity contribution in [2.45, 2.75) is 38.0 Å². The van der Waals surface area contributed by atoms with Gasteiger partial charge in [-0.15, -0.1) is 0 Å². The number of carbonyl (C=O) groups excluding carboxylic acids is 3. The Morgan fingerprint density at radius 2 is 1.81 bits per heavy atom. The Morgan fingerprint density at radius 3 is 2.44 bits per heavy atom. The Bertz CT molecular complexity index is 980. The van der Waals surface area contributed by atoms with E-state index in [4.69, 9.17) is 10.5 Å². The molecule has 10 nitrogen and oxygen atoms in total. The van der Waals surface area contributed by atoms with Crippen molar-refractivity contribution in [1.82, 2.24) is 10.2 Å². The van der Waals surface area contributed by atoms with Gasteiger partial charge in [0, 0.05) is 25.1 Å². The molecule has 3 N–H and O–H groups in total. The van der Waals surface area contributed by atoms with Crippen LogP contribution >= 0.6 is 0 Å². The molecule has 32 heavy (non-hydrogen) atoms. The average molecular weight is 440 g/mol. The maximum absolute atomic E-state index is 12.8. The molecule has 168 valence electrons. The van der Waals surface area contributed by atoms with Crippen molar-refractivity contribution in [2.24, 2.45) is 5.73 Å². The van der Waals surface area contributed by atoms with Gasteiger partial charge >= 0.3 is 6.09 Å². The van der Waals surface area contributed by atoms with Gasteiger partial charge in [0.05, 0.1) is 4.92 Å². The first-order valence-electron chi connectivity index (χ1n) is 10.2. The summed E-state index contributed by atoms with van der Waals surface area (Å²) in [7, 11) is 0. The van der Waals surface area contributed by atoms with E-state index in [2.05, 4.69) is 5.32 Å². The van der Waals surface area contributed by atoms with Crippen molar-refractivity contribution < 1.29 is 24.0 Å². The molecule has 1 fully saturated rings. The molecule has 0 spiro atoms. The van der Waals surface area contributed by atoms with E-state index in [9.17, 15) is 24.5 Å². The van der Waals surface area contributed by atoms with Gasteiger partial charge in [-0.25, -0.2) is 4.79 Å². The number of benzene rings is 2. The molecule has 3 rings (SSSR count). The lowest BCUT2D eigenvalue weighted by Gasteiger charge is -2.25. The lowest BCUT2D eigenvalue weighted by molar-refractivity contribution is -0.384. The smallest absolute Gasteiger partial charge is 0.410 e. The van der Waals surface area contributed by atoms with Crippen molar-refractivity contribution in [1.29, 1.82) is 0 Å². The molecule has 0 saturated carbocycles. The molecule has 1 saturated heterocycles. The highest BCUT2D eigenvalue weighted by Gasteiger charge is 2.36. The Balaban J connectivity index is 1.60. The van der Waals surface area contributed by atoms with E-state index in [-0.39, 0.29) is 18.7 Å². The van der Waals surface area contributed by atoms with Crippen LogP contribution in [0.1, 0.15) is 24.0 Å². The van der Waals surface area contributed by atoms with Gasteiger partial charge in [0.15, 0.2) is 0 Å². The summed E-state index contributed by atoms with van der Waals surface area (Å²) >= 11 is 0. The van der Waals surface area contributed by atoms with E-state index in [0.717, 1.165) is 5.56 Å². The number of amides is 3. The minimum atomic E-state index is -1.02. The molecular weight excluding hydrogens is 416 g/mol. The highest BCUT2D eigenvalue weighted by Crippen LogP contribution is 2.20. The number of carbonyl (C=O) groups is 3. The fraction of sp³-hybridized carbons (Fsp3) is 0.318. The van der Waals surface area contributed by atoms with Crippen LogP contribution in [0, 0.1) is 10.1 Å². The van der Waals surface area contributed by atoms with Crippen LogP contribution in [0.4, 0.5) is 10.5 Å². The number of nitro benzene ring substituents is 1. The number of primary amides is 1. The second-order valence-electron chi connectivity index (χ2n) is 7.48. The quantitative estimate of drug-likeness (QED) is 0.474. The maximum Gasteiger partial charge on any atom is 0.410 e. The summed E-state index contributed by atoms with van der Waals surface area (Å²) in [5.74, 6) is -1.24. The predicted molar refractivity (Wildman–Crippen MR) is 114 cm³/mol. The average Bonchev–Trinajstić information content (AvgIpc) is 3.28. The van der Waals surface area contributed by atoms with Gasteiger partial charge in [-0.3, -0.25) is 24.6 Å². The third-order valence-electron chi connectivity index (χ3n) is 5.24. The van der Waals surface area contributed by atoms with E-state index in [0.29, 0.717) is 24.9 Å². The monoisotopic (exact) mass is 440 g/mol. The van der Waals surface area contributed by atoms with Crippen molar-refractivity contribution in [3.8, 4) is 0 Å². The summed E-state index contributed by atoms with van der Waals surface area (Å²) in [6.45, 7) is 0.462. The molecule has 2 aromatic carbocycles. The van der Waals surface area contributed by atoms with E-state index in [1.54, 1.807) is 0 Å².